The van der Waals surface area contributed by atoms with Crippen LogP contribution in [-0.4, -0.2) is 67.0 Å². The fourth-order valence-electron chi connectivity index (χ4n) is 4.76. The Morgan fingerprint density at radius 2 is 1.94 bits per heavy atom. The molecule has 11 heteroatoms. The SMILES string of the molecule is Cc1ccccc1N1C(=O)C2C(C=NN2C)N=C1Cn1nc(-c2cccc(O)c2)c2c(N)ncnc21. The lowest BCUT2D eigenvalue weighted by Crippen LogP contribution is -2.56. The molecule has 0 radical (unpaired) electrons. The number of hydrogen-bond acceptors (Lipinski definition) is 9. The quantitative estimate of drug-likeness (QED) is 0.456. The van der Waals surface area contributed by atoms with E-state index in [1.54, 1.807) is 46.1 Å². The number of fused-ring (bicyclic) bond motifs is 2. The van der Waals surface area contributed by atoms with E-state index in [0.717, 1.165) is 11.3 Å². The van der Waals surface area contributed by atoms with Gasteiger partial charge < -0.3 is 10.8 Å². The minimum absolute atomic E-state index is 0.106. The van der Waals surface area contributed by atoms with E-state index in [4.69, 9.17) is 15.8 Å². The largest absolute Gasteiger partial charge is 0.508 e. The van der Waals surface area contributed by atoms with Crippen molar-refractivity contribution in [2.75, 3.05) is 17.7 Å². The molecule has 36 heavy (non-hydrogen) atoms. The van der Waals surface area contributed by atoms with Crippen molar-refractivity contribution < 1.29 is 9.90 Å². The Balaban J connectivity index is 1.51. The van der Waals surface area contributed by atoms with Crippen LogP contribution in [-0.2, 0) is 11.3 Å². The maximum Gasteiger partial charge on any atom is 0.259 e. The van der Waals surface area contributed by atoms with Crippen LogP contribution in [0, 0.1) is 6.92 Å². The van der Waals surface area contributed by atoms with Crippen LogP contribution in [0.1, 0.15) is 5.56 Å². The van der Waals surface area contributed by atoms with Gasteiger partial charge in [0.1, 0.15) is 42.0 Å². The Morgan fingerprint density at radius 3 is 2.75 bits per heavy atom. The minimum atomic E-state index is -0.511. The van der Waals surface area contributed by atoms with Gasteiger partial charge in [-0.2, -0.15) is 10.2 Å². The lowest BCUT2D eigenvalue weighted by atomic mass is 10.0. The first kappa shape index (κ1) is 21.7. The average Bonchev–Trinajstić information content (AvgIpc) is 3.42. The normalized spacial score (nSPS) is 19.2. The summed E-state index contributed by atoms with van der Waals surface area (Å²) in [7, 11) is 1.78. The van der Waals surface area contributed by atoms with Crippen LogP contribution in [0.5, 0.6) is 5.75 Å². The maximum atomic E-state index is 13.8. The fourth-order valence-corrected chi connectivity index (χ4v) is 4.76. The number of nitrogens with zero attached hydrogens (tertiary/aromatic N) is 8. The number of aryl methyl sites for hydroxylation is 1. The van der Waals surface area contributed by atoms with Crippen LogP contribution < -0.4 is 10.6 Å². The van der Waals surface area contributed by atoms with Gasteiger partial charge in [0.25, 0.3) is 5.91 Å². The van der Waals surface area contributed by atoms with Crippen molar-refractivity contribution in [1.82, 2.24) is 24.8 Å². The average molecular weight is 482 g/mol. The maximum absolute atomic E-state index is 13.8. The van der Waals surface area contributed by atoms with Gasteiger partial charge in [-0.15, -0.1) is 0 Å². The van der Waals surface area contributed by atoms with Crippen molar-refractivity contribution in [2.24, 2.45) is 10.1 Å². The molecular weight excluding hydrogens is 458 g/mol. The number of aromatic nitrogens is 4. The Morgan fingerprint density at radius 1 is 1.11 bits per heavy atom. The first-order chi connectivity index (χ1) is 17.4. The third-order valence-corrected chi connectivity index (χ3v) is 6.48. The van der Waals surface area contributed by atoms with Crippen molar-refractivity contribution in [3.8, 4) is 17.0 Å². The lowest BCUT2D eigenvalue weighted by molar-refractivity contribution is -0.122. The van der Waals surface area contributed by atoms with Gasteiger partial charge in [0.2, 0.25) is 0 Å². The molecule has 180 valence electrons. The molecule has 1 amide bonds. The molecule has 0 fully saturated rings. The van der Waals surface area contributed by atoms with Crippen LogP contribution in [0.4, 0.5) is 11.5 Å². The van der Waals surface area contributed by atoms with Crippen molar-refractivity contribution >= 4 is 40.5 Å². The number of para-hydroxylation sites is 1. The van der Waals surface area contributed by atoms with Crippen LogP contribution >= 0.6 is 0 Å². The van der Waals surface area contributed by atoms with Gasteiger partial charge in [0, 0.05) is 12.6 Å². The first-order valence-corrected chi connectivity index (χ1v) is 11.4. The number of phenolic OH excluding ortho intramolecular Hbond substituents is 1. The van der Waals surface area contributed by atoms with Gasteiger partial charge in [0.15, 0.2) is 11.7 Å². The lowest BCUT2D eigenvalue weighted by Gasteiger charge is -2.35. The summed E-state index contributed by atoms with van der Waals surface area (Å²) in [4.78, 5) is 28.9. The van der Waals surface area contributed by atoms with E-state index in [1.807, 2.05) is 37.3 Å². The number of amides is 1. The zero-order chi connectivity index (χ0) is 25.0. The Labute approximate surface area is 206 Å². The number of aliphatic imine (C=N–C) groups is 1. The molecule has 3 N–H and O–H groups in total. The summed E-state index contributed by atoms with van der Waals surface area (Å²) < 4.78 is 1.67. The van der Waals surface area contributed by atoms with Crippen LogP contribution in [0.15, 0.2) is 65.0 Å². The number of amidine groups is 1. The summed E-state index contributed by atoms with van der Waals surface area (Å²) in [6.45, 7) is 2.12. The summed E-state index contributed by atoms with van der Waals surface area (Å²) in [6, 6.07) is 13.5. The molecule has 2 aliphatic rings. The smallest absolute Gasteiger partial charge is 0.259 e. The second kappa shape index (κ2) is 8.15. The van der Waals surface area contributed by atoms with Crippen LogP contribution in [0.2, 0.25) is 0 Å². The predicted molar refractivity (Wildman–Crippen MR) is 137 cm³/mol. The van der Waals surface area contributed by atoms with E-state index in [2.05, 4.69) is 15.1 Å². The van der Waals surface area contributed by atoms with Gasteiger partial charge in [-0.3, -0.25) is 19.7 Å². The zero-order valence-corrected chi connectivity index (χ0v) is 19.6. The Kier molecular flexibility index (Phi) is 4.92. The van der Waals surface area contributed by atoms with Gasteiger partial charge in [-0.1, -0.05) is 30.3 Å². The highest BCUT2D eigenvalue weighted by Crippen LogP contribution is 2.33. The molecule has 2 atom stereocenters. The summed E-state index contributed by atoms with van der Waals surface area (Å²) in [5, 5.41) is 21.3. The van der Waals surface area contributed by atoms with E-state index in [1.165, 1.54) is 6.33 Å². The van der Waals surface area contributed by atoms with Crippen LogP contribution in [0.3, 0.4) is 0 Å². The van der Waals surface area contributed by atoms with E-state index in [-0.39, 0.29) is 24.0 Å². The third kappa shape index (κ3) is 3.35. The Bertz CT molecular complexity index is 1580. The number of rotatable bonds is 4. The Hall–Kier alpha value is -4.80. The highest BCUT2D eigenvalue weighted by molar-refractivity contribution is 6.22. The molecule has 6 rings (SSSR count). The molecule has 2 aromatic carbocycles. The van der Waals surface area contributed by atoms with Gasteiger partial charge >= 0.3 is 0 Å². The topological polar surface area (TPSA) is 138 Å². The fraction of sp³-hybridized carbons (Fsp3) is 0.200. The van der Waals surface area contributed by atoms with Crippen molar-refractivity contribution in [3.05, 3.63) is 60.4 Å². The predicted octanol–water partition coefficient (Wildman–Crippen LogP) is 2.20. The summed E-state index contributed by atoms with van der Waals surface area (Å²) in [5.74, 6) is 0.778. The van der Waals surface area contributed by atoms with Crippen molar-refractivity contribution in [3.63, 3.8) is 0 Å². The second-order valence-electron chi connectivity index (χ2n) is 8.79. The molecule has 2 unspecified atom stereocenters. The number of hydrogen-bond donors (Lipinski definition) is 2. The molecule has 0 aliphatic carbocycles. The molecule has 11 nitrogen and oxygen atoms in total. The molecule has 0 spiro atoms. The number of aromatic hydroxyl groups is 1. The number of benzene rings is 2. The number of hydrazone groups is 1. The van der Waals surface area contributed by atoms with Gasteiger partial charge in [-0.05, 0) is 30.7 Å². The van der Waals surface area contributed by atoms with E-state index in [9.17, 15) is 9.90 Å². The molecule has 2 aromatic heterocycles. The molecule has 4 aromatic rings. The molecule has 2 aliphatic heterocycles. The van der Waals surface area contributed by atoms with Gasteiger partial charge in [-0.25, -0.2) is 14.6 Å². The third-order valence-electron chi connectivity index (χ3n) is 6.48. The van der Waals surface area contributed by atoms with Crippen molar-refractivity contribution in [1.29, 1.82) is 0 Å². The number of carbonyl (C=O) groups excluding carboxylic acids is 1. The standard InChI is InChI=1S/C25H23N9O2/c1-14-6-3-4-9-18(14)34-19(30-17-11-29-32(2)22(17)25(34)36)12-33-24-20(23(26)27-13-28-24)21(31-33)15-7-5-8-16(35)10-15/h3-11,13,17,22,35H,12H2,1-2H3,(H2,26,27,28). The zero-order valence-electron chi connectivity index (χ0n) is 19.6. The monoisotopic (exact) mass is 481 g/mol. The first-order valence-electron chi connectivity index (χ1n) is 11.4. The molecule has 0 saturated carbocycles. The molecule has 0 bridgehead atoms. The van der Waals surface area contributed by atoms with Crippen LogP contribution in [0.25, 0.3) is 22.3 Å². The second-order valence-corrected chi connectivity index (χ2v) is 8.79. The number of anilines is 2. The summed E-state index contributed by atoms with van der Waals surface area (Å²) >= 11 is 0. The number of carbonyl (C=O) groups is 1. The van der Waals surface area contributed by atoms with E-state index < -0.39 is 12.1 Å². The summed E-state index contributed by atoms with van der Waals surface area (Å²) in [6.07, 6.45) is 3.07. The molecule has 0 saturated heterocycles. The summed E-state index contributed by atoms with van der Waals surface area (Å²) in [5.41, 5.74) is 9.63. The van der Waals surface area contributed by atoms with E-state index in [0.29, 0.717) is 28.1 Å². The van der Waals surface area contributed by atoms with Gasteiger partial charge in [0.05, 0.1) is 17.3 Å². The highest BCUT2D eigenvalue weighted by atomic mass is 16.3. The number of nitrogen functional groups attached to an aromatic ring is 1. The number of nitrogens with two attached hydrogens (primary N) is 1. The number of likely N-dealkylation sites (N-methyl/N-ethyl adjacent to an activating group) is 1. The minimum Gasteiger partial charge on any atom is -0.508 e. The molecule has 4 heterocycles. The number of phenols is 1. The molecular formula is C25H23N9O2. The van der Waals surface area contributed by atoms with E-state index >= 15 is 0 Å². The highest BCUT2D eigenvalue weighted by Gasteiger charge is 2.44. The van der Waals surface area contributed by atoms with Crippen molar-refractivity contribution in [2.45, 2.75) is 25.6 Å².